The number of nitrogen functional groups attached to an aromatic ring is 1. The Bertz CT molecular complexity index is 472. The maximum Gasteiger partial charge on any atom is 0.340 e. The van der Waals surface area contributed by atoms with E-state index >= 15 is 0 Å². The molecule has 0 amide bonds. The minimum atomic E-state index is -0.513. The first-order valence-corrected chi connectivity index (χ1v) is 6.03. The first-order chi connectivity index (χ1) is 8.54. The van der Waals surface area contributed by atoms with Crippen LogP contribution in [-0.4, -0.2) is 25.7 Å². The fraction of sp³-hybridized carbons (Fsp3) is 0.462. The van der Waals surface area contributed by atoms with Crippen molar-refractivity contribution in [1.82, 2.24) is 0 Å². The van der Waals surface area contributed by atoms with Crippen LogP contribution in [-0.2, 0) is 4.74 Å². The van der Waals surface area contributed by atoms with E-state index < -0.39 is 11.8 Å². The second-order valence-corrected chi connectivity index (χ2v) is 4.45. The summed E-state index contributed by atoms with van der Waals surface area (Å²) in [5.41, 5.74) is 6.38. The summed E-state index contributed by atoms with van der Waals surface area (Å²) in [6, 6.07) is 3.01. The average Bonchev–Trinajstić information content (AvgIpc) is 3.12. The number of nitrogens with two attached hydrogens (primary N) is 1. The van der Waals surface area contributed by atoms with Crippen LogP contribution in [0.5, 0.6) is 0 Å². The van der Waals surface area contributed by atoms with E-state index in [0.29, 0.717) is 11.7 Å². The van der Waals surface area contributed by atoms with Gasteiger partial charge >= 0.3 is 5.97 Å². The van der Waals surface area contributed by atoms with Gasteiger partial charge in [0.15, 0.2) is 0 Å². The highest BCUT2D eigenvalue weighted by Crippen LogP contribution is 2.33. The third-order valence-electron chi connectivity index (χ3n) is 3.09. The Hall–Kier alpha value is -1.78. The molecular formula is C13H17FN2O2. The van der Waals surface area contributed by atoms with Gasteiger partial charge in [0.05, 0.1) is 17.9 Å². The van der Waals surface area contributed by atoms with Gasteiger partial charge in [-0.1, -0.05) is 0 Å². The van der Waals surface area contributed by atoms with Crippen LogP contribution in [0.4, 0.5) is 15.8 Å². The van der Waals surface area contributed by atoms with E-state index in [2.05, 4.69) is 0 Å². The summed E-state index contributed by atoms with van der Waals surface area (Å²) in [5, 5.41) is 0. The molecular weight excluding hydrogens is 235 g/mol. The molecule has 1 aromatic rings. The Morgan fingerprint density at radius 3 is 2.78 bits per heavy atom. The average molecular weight is 252 g/mol. The van der Waals surface area contributed by atoms with Crippen molar-refractivity contribution < 1.29 is 13.9 Å². The molecule has 2 rings (SSSR count). The quantitative estimate of drug-likeness (QED) is 0.659. The van der Waals surface area contributed by atoms with Crippen LogP contribution in [0, 0.1) is 5.82 Å². The molecule has 98 valence electrons. The number of hydrogen-bond acceptors (Lipinski definition) is 4. The maximum atomic E-state index is 13.8. The summed E-state index contributed by atoms with van der Waals surface area (Å²) in [6.07, 6.45) is 2.10. The number of ether oxygens (including phenoxy) is 1. The lowest BCUT2D eigenvalue weighted by Gasteiger charge is -2.20. The number of rotatable bonds is 4. The van der Waals surface area contributed by atoms with E-state index in [1.165, 1.54) is 12.1 Å². The topological polar surface area (TPSA) is 55.6 Å². The minimum Gasteiger partial charge on any atom is -0.462 e. The van der Waals surface area contributed by atoms with Crippen LogP contribution in [0.15, 0.2) is 12.1 Å². The molecule has 0 unspecified atom stereocenters. The summed E-state index contributed by atoms with van der Waals surface area (Å²) in [7, 11) is 1.82. The maximum absolute atomic E-state index is 13.8. The SMILES string of the molecule is CCOC(=O)c1cc(N(C)C2CC2)c(F)cc1N. The molecule has 0 heterocycles. The predicted molar refractivity (Wildman–Crippen MR) is 68.2 cm³/mol. The van der Waals surface area contributed by atoms with Crippen molar-refractivity contribution in [3.05, 3.63) is 23.5 Å². The zero-order chi connectivity index (χ0) is 13.3. The van der Waals surface area contributed by atoms with E-state index in [4.69, 9.17) is 10.5 Å². The third kappa shape index (κ3) is 2.39. The van der Waals surface area contributed by atoms with Gasteiger partial charge in [0.2, 0.25) is 0 Å². The van der Waals surface area contributed by atoms with Crippen molar-refractivity contribution >= 4 is 17.3 Å². The van der Waals surface area contributed by atoms with E-state index in [9.17, 15) is 9.18 Å². The van der Waals surface area contributed by atoms with Crippen LogP contribution in [0.25, 0.3) is 0 Å². The Morgan fingerprint density at radius 2 is 2.22 bits per heavy atom. The Morgan fingerprint density at radius 1 is 1.56 bits per heavy atom. The number of anilines is 2. The molecule has 0 spiro atoms. The van der Waals surface area contributed by atoms with Crippen LogP contribution < -0.4 is 10.6 Å². The third-order valence-corrected chi connectivity index (χ3v) is 3.09. The van der Waals surface area contributed by atoms with Crippen LogP contribution in [0.3, 0.4) is 0 Å². The van der Waals surface area contributed by atoms with Crippen molar-refractivity contribution in [1.29, 1.82) is 0 Å². The Balaban J connectivity index is 2.35. The van der Waals surface area contributed by atoms with Gasteiger partial charge in [-0.3, -0.25) is 0 Å². The Labute approximate surface area is 106 Å². The summed E-state index contributed by atoms with van der Waals surface area (Å²) in [5.74, 6) is -0.921. The van der Waals surface area contributed by atoms with E-state index in [1.54, 1.807) is 6.92 Å². The highest BCUT2D eigenvalue weighted by molar-refractivity contribution is 5.96. The van der Waals surface area contributed by atoms with Crippen molar-refractivity contribution in [2.45, 2.75) is 25.8 Å². The summed E-state index contributed by atoms with van der Waals surface area (Å²) >= 11 is 0. The van der Waals surface area contributed by atoms with Gasteiger partial charge in [0, 0.05) is 18.8 Å². The number of esters is 1. The molecule has 1 aliphatic rings. The summed E-state index contributed by atoms with van der Waals surface area (Å²) < 4.78 is 18.7. The van der Waals surface area contributed by atoms with Gasteiger partial charge in [0.25, 0.3) is 0 Å². The normalized spacial score (nSPS) is 14.4. The zero-order valence-electron chi connectivity index (χ0n) is 10.6. The highest BCUT2D eigenvalue weighted by atomic mass is 19.1. The number of halogens is 1. The lowest BCUT2D eigenvalue weighted by molar-refractivity contribution is 0.0527. The fourth-order valence-corrected chi connectivity index (χ4v) is 1.89. The molecule has 1 saturated carbocycles. The Kier molecular flexibility index (Phi) is 3.41. The molecule has 1 aromatic carbocycles. The largest absolute Gasteiger partial charge is 0.462 e. The predicted octanol–water partition coefficient (Wildman–Crippen LogP) is 2.18. The van der Waals surface area contributed by atoms with E-state index in [0.717, 1.165) is 12.8 Å². The standard InChI is InChI=1S/C13H17FN2O2/c1-3-18-13(17)9-6-12(10(14)7-11(9)15)16(2)8-4-5-8/h6-8H,3-5,15H2,1-2H3. The molecule has 0 saturated heterocycles. The van der Waals surface area contributed by atoms with Crippen molar-refractivity contribution in [2.24, 2.45) is 0 Å². The second-order valence-electron chi connectivity index (χ2n) is 4.45. The first kappa shape index (κ1) is 12.7. The highest BCUT2D eigenvalue weighted by Gasteiger charge is 2.29. The molecule has 0 aliphatic heterocycles. The molecule has 1 fully saturated rings. The van der Waals surface area contributed by atoms with Crippen molar-refractivity contribution in [2.75, 3.05) is 24.3 Å². The van der Waals surface area contributed by atoms with Crippen molar-refractivity contribution in [3.63, 3.8) is 0 Å². The monoisotopic (exact) mass is 252 g/mol. The van der Waals surface area contributed by atoms with E-state index in [-0.39, 0.29) is 17.9 Å². The molecule has 5 heteroatoms. The van der Waals surface area contributed by atoms with Gasteiger partial charge < -0.3 is 15.4 Å². The van der Waals surface area contributed by atoms with Crippen LogP contribution in [0.1, 0.15) is 30.1 Å². The van der Waals surface area contributed by atoms with Gasteiger partial charge in [-0.2, -0.15) is 0 Å². The molecule has 0 atom stereocenters. The smallest absolute Gasteiger partial charge is 0.340 e. The minimum absolute atomic E-state index is 0.110. The fourth-order valence-electron chi connectivity index (χ4n) is 1.89. The molecule has 18 heavy (non-hydrogen) atoms. The zero-order valence-corrected chi connectivity index (χ0v) is 10.6. The van der Waals surface area contributed by atoms with Gasteiger partial charge in [-0.05, 0) is 31.9 Å². The number of hydrogen-bond donors (Lipinski definition) is 1. The lowest BCUT2D eigenvalue weighted by Crippen LogP contribution is -2.21. The van der Waals surface area contributed by atoms with Gasteiger partial charge in [-0.25, -0.2) is 9.18 Å². The molecule has 2 N–H and O–H groups in total. The van der Waals surface area contributed by atoms with E-state index in [1.807, 2.05) is 11.9 Å². The summed E-state index contributed by atoms with van der Waals surface area (Å²) in [4.78, 5) is 13.5. The van der Waals surface area contributed by atoms with Crippen molar-refractivity contribution in [3.8, 4) is 0 Å². The van der Waals surface area contributed by atoms with Gasteiger partial charge in [0.1, 0.15) is 5.82 Å². The number of carbonyl (C=O) groups is 1. The molecule has 1 aliphatic carbocycles. The molecule has 0 aromatic heterocycles. The van der Waals surface area contributed by atoms with Crippen LogP contribution >= 0.6 is 0 Å². The number of carbonyl (C=O) groups excluding carboxylic acids is 1. The first-order valence-electron chi connectivity index (χ1n) is 6.03. The molecule has 4 nitrogen and oxygen atoms in total. The summed E-state index contributed by atoms with van der Waals surface area (Å²) in [6.45, 7) is 1.98. The number of benzene rings is 1. The molecule has 0 bridgehead atoms. The van der Waals surface area contributed by atoms with Gasteiger partial charge in [-0.15, -0.1) is 0 Å². The lowest BCUT2D eigenvalue weighted by atomic mass is 10.1. The number of nitrogens with zero attached hydrogens (tertiary/aromatic N) is 1. The molecule has 0 radical (unpaired) electrons. The van der Waals surface area contributed by atoms with Crippen LogP contribution in [0.2, 0.25) is 0 Å². The second kappa shape index (κ2) is 4.84.